The van der Waals surface area contributed by atoms with E-state index in [9.17, 15) is 4.39 Å². The van der Waals surface area contributed by atoms with Crippen molar-refractivity contribution in [2.75, 3.05) is 0 Å². The highest BCUT2D eigenvalue weighted by Gasteiger charge is 2.35. The summed E-state index contributed by atoms with van der Waals surface area (Å²) >= 11 is 1.47. The van der Waals surface area contributed by atoms with Crippen LogP contribution in [0.3, 0.4) is 0 Å². The second kappa shape index (κ2) is 13.4. The molecule has 0 saturated carbocycles. The highest BCUT2D eigenvalue weighted by atomic mass is 32.1. The third-order valence-electron chi connectivity index (χ3n) is 7.38. The number of fused-ring (bicyclic) bond motifs is 3. The van der Waals surface area contributed by atoms with E-state index < -0.39 is 89.2 Å². The number of benzene rings is 3. The average molecular weight is 659 g/mol. The Balaban J connectivity index is 1.72. The molecule has 0 atom stereocenters. The molecule has 0 amide bonds. The molecule has 0 bridgehead atoms. The van der Waals surface area contributed by atoms with E-state index in [1.54, 1.807) is 0 Å². The molecule has 0 N–H and O–H groups in total. The number of hydrogen-bond donors (Lipinski definition) is 0. The first-order valence-corrected chi connectivity index (χ1v) is 15.9. The second-order valence-electron chi connectivity index (χ2n) is 10.4. The second-order valence-corrected chi connectivity index (χ2v) is 12.5. The summed E-state index contributed by atoms with van der Waals surface area (Å²) in [7, 11) is 0. The SMILES string of the molecule is CCCCCCc1nnc(-c2c(F)c(F)c3c(c2F)c(F)c(F)c2c(-c4nnc(CCCCCC)s4)c(F)c(F)c(F)c23)s1. The quantitative estimate of drug-likeness (QED) is 0.0440. The standard InChI is InChI=1S/C30H26F8N4S2/c1-3-5-7-9-11-13-39-41-29(43-13)19-17-15(24(34)28(38)26(19)36)16-18(25(35)23(17)33)21(31)20(27(37)22(16)32)30-42-40-14(44-30)12-10-8-6-4-2/h3-12H2,1-2H3. The first-order valence-electron chi connectivity index (χ1n) is 14.2. The first kappa shape index (κ1) is 32.1. The molecule has 5 rings (SSSR count). The molecule has 14 heteroatoms. The lowest BCUT2D eigenvalue weighted by Crippen LogP contribution is -2.06. The molecule has 44 heavy (non-hydrogen) atoms. The first-order chi connectivity index (χ1) is 21.1. The number of halogens is 8. The average Bonchev–Trinajstić information content (AvgIpc) is 3.67. The highest BCUT2D eigenvalue weighted by Crippen LogP contribution is 2.46. The van der Waals surface area contributed by atoms with E-state index in [0.717, 1.165) is 61.2 Å². The number of aryl methyl sites for hydroxylation is 2. The fraction of sp³-hybridized carbons (Fsp3) is 0.400. The van der Waals surface area contributed by atoms with Gasteiger partial charge in [0.25, 0.3) is 0 Å². The van der Waals surface area contributed by atoms with Crippen LogP contribution < -0.4 is 0 Å². The number of unbranched alkanes of at least 4 members (excludes halogenated alkanes) is 6. The van der Waals surface area contributed by atoms with E-state index in [2.05, 4.69) is 20.4 Å². The summed E-state index contributed by atoms with van der Waals surface area (Å²) in [4.78, 5) is 0. The molecule has 3 aromatic carbocycles. The van der Waals surface area contributed by atoms with Crippen molar-refractivity contribution in [3.05, 3.63) is 56.6 Å². The molecule has 0 fully saturated rings. The van der Waals surface area contributed by atoms with Crippen molar-refractivity contribution in [1.82, 2.24) is 20.4 Å². The summed E-state index contributed by atoms with van der Waals surface area (Å²) in [5.41, 5.74) is -2.17. The Kier molecular flexibility index (Phi) is 9.78. The van der Waals surface area contributed by atoms with Crippen molar-refractivity contribution in [1.29, 1.82) is 0 Å². The van der Waals surface area contributed by atoms with E-state index >= 15 is 30.7 Å². The van der Waals surface area contributed by atoms with Gasteiger partial charge in [-0.2, -0.15) is 0 Å². The minimum atomic E-state index is -2.18. The molecule has 0 aliphatic heterocycles. The summed E-state index contributed by atoms with van der Waals surface area (Å²) in [6, 6.07) is 0. The highest BCUT2D eigenvalue weighted by molar-refractivity contribution is 7.15. The van der Waals surface area contributed by atoms with Crippen LogP contribution in [0.2, 0.25) is 0 Å². The van der Waals surface area contributed by atoms with Crippen molar-refractivity contribution >= 4 is 44.2 Å². The lowest BCUT2D eigenvalue weighted by molar-refractivity contribution is 0.453. The molecular formula is C30H26F8N4S2. The molecule has 0 unspecified atom stereocenters. The molecule has 234 valence electrons. The Hall–Kier alpha value is -3.26. The van der Waals surface area contributed by atoms with Crippen molar-refractivity contribution in [2.24, 2.45) is 0 Å². The van der Waals surface area contributed by atoms with Gasteiger partial charge in [0, 0.05) is 29.0 Å². The fourth-order valence-electron chi connectivity index (χ4n) is 5.14. The zero-order chi connectivity index (χ0) is 31.7. The fourth-order valence-corrected chi connectivity index (χ4v) is 6.98. The summed E-state index contributed by atoms with van der Waals surface area (Å²) in [5, 5.41) is 9.55. The predicted octanol–water partition coefficient (Wildman–Crippen LogP) is 10.4. The van der Waals surface area contributed by atoms with Gasteiger partial charge in [-0.3, -0.25) is 0 Å². The summed E-state index contributed by atoms with van der Waals surface area (Å²) in [6.45, 7) is 4.04. The third kappa shape index (κ3) is 5.66. The van der Waals surface area contributed by atoms with Crippen LogP contribution in [0.4, 0.5) is 35.1 Å². The van der Waals surface area contributed by atoms with Gasteiger partial charge >= 0.3 is 0 Å². The van der Waals surface area contributed by atoms with Crippen LogP contribution in [-0.4, -0.2) is 20.4 Å². The Labute approximate surface area is 255 Å². The number of nitrogens with zero attached hydrogens (tertiary/aromatic N) is 4. The number of hydrogen-bond acceptors (Lipinski definition) is 6. The van der Waals surface area contributed by atoms with Gasteiger partial charge < -0.3 is 0 Å². The van der Waals surface area contributed by atoms with Crippen molar-refractivity contribution in [2.45, 2.75) is 78.1 Å². The molecule has 2 heterocycles. The van der Waals surface area contributed by atoms with Crippen LogP contribution in [-0.2, 0) is 12.8 Å². The third-order valence-corrected chi connectivity index (χ3v) is 9.38. The molecule has 0 spiro atoms. The van der Waals surface area contributed by atoms with Gasteiger partial charge in [0.15, 0.2) is 50.7 Å². The van der Waals surface area contributed by atoms with Gasteiger partial charge in [0.05, 0.1) is 16.5 Å². The van der Waals surface area contributed by atoms with Crippen LogP contribution in [0, 0.1) is 46.5 Å². The van der Waals surface area contributed by atoms with Gasteiger partial charge in [-0.05, 0) is 12.8 Å². The van der Waals surface area contributed by atoms with E-state index in [-0.39, 0.29) is 0 Å². The van der Waals surface area contributed by atoms with E-state index in [1.807, 2.05) is 13.8 Å². The maximum Gasteiger partial charge on any atom is 0.195 e. The molecular weight excluding hydrogens is 632 g/mol. The molecule has 0 aliphatic carbocycles. The lowest BCUT2D eigenvalue weighted by atomic mass is 9.94. The zero-order valence-electron chi connectivity index (χ0n) is 23.7. The molecule has 5 aromatic rings. The van der Waals surface area contributed by atoms with E-state index in [4.69, 9.17) is 0 Å². The van der Waals surface area contributed by atoms with Crippen LogP contribution >= 0.6 is 22.7 Å². The monoisotopic (exact) mass is 658 g/mol. The van der Waals surface area contributed by atoms with Crippen LogP contribution in [0.25, 0.3) is 42.7 Å². The van der Waals surface area contributed by atoms with Gasteiger partial charge in [-0.25, -0.2) is 35.1 Å². The van der Waals surface area contributed by atoms with Crippen LogP contribution in [0.15, 0.2) is 0 Å². The Bertz CT molecular complexity index is 1850. The smallest absolute Gasteiger partial charge is 0.195 e. The van der Waals surface area contributed by atoms with E-state index in [0.29, 0.717) is 35.7 Å². The largest absolute Gasteiger partial charge is 0.205 e. The number of aromatic nitrogens is 4. The van der Waals surface area contributed by atoms with Crippen molar-refractivity contribution in [3.63, 3.8) is 0 Å². The summed E-state index contributed by atoms with van der Waals surface area (Å²) in [5.74, 6) is -16.0. The van der Waals surface area contributed by atoms with Crippen LogP contribution in [0.1, 0.15) is 75.2 Å². The van der Waals surface area contributed by atoms with E-state index in [1.165, 1.54) is 0 Å². The minimum Gasteiger partial charge on any atom is -0.205 e. The maximum atomic E-state index is 15.9. The normalized spacial score (nSPS) is 11.9. The molecule has 0 saturated heterocycles. The predicted molar refractivity (Wildman–Crippen MR) is 155 cm³/mol. The molecule has 2 aromatic heterocycles. The maximum absolute atomic E-state index is 15.9. The zero-order valence-corrected chi connectivity index (χ0v) is 25.3. The van der Waals surface area contributed by atoms with Crippen molar-refractivity contribution in [3.8, 4) is 21.1 Å². The molecule has 0 aliphatic rings. The molecule has 0 radical (unpaired) electrons. The van der Waals surface area contributed by atoms with Gasteiger partial charge in [0.2, 0.25) is 0 Å². The van der Waals surface area contributed by atoms with Gasteiger partial charge in [0.1, 0.15) is 15.8 Å². The minimum absolute atomic E-state index is 0.366. The van der Waals surface area contributed by atoms with Crippen LogP contribution in [0.5, 0.6) is 0 Å². The Morgan fingerprint density at radius 2 is 0.841 bits per heavy atom. The summed E-state index contributed by atoms with van der Waals surface area (Å²) in [6.07, 6.45) is 7.82. The lowest BCUT2D eigenvalue weighted by Gasteiger charge is -2.16. The molecule has 4 nitrogen and oxygen atoms in total. The van der Waals surface area contributed by atoms with Crippen molar-refractivity contribution < 1.29 is 35.1 Å². The van der Waals surface area contributed by atoms with Gasteiger partial charge in [-0.15, -0.1) is 20.4 Å². The Morgan fingerprint density at radius 1 is 0.409 bits per heavy atom. The summed E-state index contributed by atoms with van der Waals surface area (Å²) < 4.78 is 124. The topological polar surface area (TPSA) is 51.6 Å². The Morgan fingerprint density at radius 3 is 1.39 bits per heavy atom. The number of rotatable bonds is 12. The van der Waals surface area contributed by atoms with Gasteiger partial charge in [-0.1, -0.05) is 75.0 Å².